The van der Waals surface area contributed by atoms with E-state index in [2.05, 4.69) is 25.9 Å². The summed E-state index contributed by atoms with van der Waals surface area (Å²) in [5.74, 6) is -1.11. The van der Waals surface area contributed by atoms with Crippen LogP contribution < -0.4 is 21.8 Å². The highest BCUT2D eigenvalue weighted by molar-refractivity contribution is 9.10. The number of nitrogens with zero attached hydrogens (tertiary/aromatic N) is 2. The Bertz CT molecular complexity index is 1380. The molecular formula is C20H12BrN3O4. The van der Waals surface area contributed by atoms with E-state index in [9.17, 15) is 19.5 Å². The molecule has 0 fully saturated rings. The molecule has 0 saturated heterocycles. The van der Waals surface area contributed by atoms with Crippen LogP contribution in [-0.4, -0.2) is 20.6 Å². The Morgan fingerprint density at radius 2 is 1.75 bits per heavy atom. The summed E-state index contributed by atoms with van der Waals surface area (Å²) >= 11 is 3.30. The zero-order valence-corrected chi connectivity index (χ0v) is 15.8. The highest BCUT2D eigenvalue weighted by Gasteiger charge is 2.17. The summed E-state index contributed by atoms with van der Waals surface area (Å²) in [6, 6.07) is 13.6. The van der Waals surface area contributed by atoms with Gasteiger partial charge in [0.05, 0.1) is 11.0 Å². The minimum absolute atomic E-state index is 0.125. The second-order valence-electron chi connectivity index (χ2n) is 6.03. The summed E-state index contributed by atoms with van der Waals surface area (Å²) in [5, 5.41) is 11.9. The number of nitrogens with one attached hydrogen (secondary N) is 1. The van der Waals surface area contributed by atoms with Crippen LogP contribution in [-0.2, 0) is 4.79 Å². The molecule has 0 aliphatic carbocycles. The van der Waals surface area contributed by atoms with Crippen LogP contribution in [0, 0.1) is 0 Å². The maximum atomic E-state index is 12.3. The molecule has 0 spiro atoms. The Kier molecular flexibility index (Phi) is 4.40. The fraction of sp³-hybridized carbons (Fsp3) is 0. The average Bonchev–Trinajstić information content (AvgIpc) is 2.66. The number of H-pyrrole nitrogens is 1. The monoisotopic (exact) mass is 437 g/mol. The molecule has 2 aromatic carbocycles. The number of aromatic hydroxyl groups is 1. The van der Waals surface area contributed by atoms with Crippen molar-refractivity contribution >= 4 is 34.0 Å². The van der Waals surface area contributed by atoms with Gasteiger partial charge in [-0.15, -0.1) is 0 Å². The first-order valence-corrected chi connectivity index (χ1v) is 8.99. The molecule has 0 atom stereocenters. The minimum Gasteiger partial charge on any atom is -0.494 e. The summed E-state index contributed by atoms with van der Waals surface area (Å²) in [4.78, 5) is 43.0. The number of hydrogen-bond donors (Lipinski definition) is 2. The van der Waals surface area contributed by atoms with Gasteiger partial charge in [-0.2, -0.15) is 0 Å². The van der Waals surface area contributed by atoms with Gasteiger partial charge in [0.15, 0.2) is 0 Å². The number of amides is 1. The van der Waals surface area contributed by atoms with E-state index in [0.717, 1.165) is 9.04 Å². The van der Waals surface area contributed by atoms with Crippen LogP contribution in [0.5, 0.6) is 5.88 Å². The Hall–Kier alpha value is -3.52. The van der Waals surface area contributed by atoms with Gasteiger partial charge in [0.25, 0.3) is 11.5 Å². The van der Waals surface area contributed by atoms with Gasteiger partial charge in [-0.25, -0.2) is 14.4 Å². The Morgan fingerprint density at radius 1 is 1.04 bits per heavy atom. The first kappa shape index (κ1) is 17.9. The summed E-state index contributed by atoms with van der Waals surface area (Å²) in [6.45, 7) is 0. The van der Waals surface area contributed by atoms with E-state index in [-0.39, 0.29) is 11.1 Å². The van der Waals surface area contributed by atoms with E-state index < -0.39 is 23.0 Å². The second-order valence-corrected chi connectivity index (χ2v) is 6.94. The number of carbonyl (C=O) groups is 1. The first-order valence-electron chi connectivity index (χ1n) is 8.20. The van der Waals surface area contributed by atoms with E-state index in [1.807, 2.05) is 0 Å². The Balaban J connectivity index is 1.93. The molecule has 0 radical (unpaired) electrons. The van der Waals surface area contributed by atoms with Crippen molar-refractivity contribution in [3.63, 3.8) is 0 Å². The van der Waals surface area contributed by atoms with Gasteiger partial charge in [-0.1, -0.05) is 34.1 Å². The molecule has 3 aromatic rings. The van der Waals surface area contributed by atoms with Gasteiger partial charge < -0.3 is 5.11 Å². The molecule has 2 heterocycles. The molecule has 1 amide bonds. The first-order chi connectivity index (χ1) is 13.4. The zero-order chi connectivity index (χ0) is 19.8. The quantitative estimate of drug-likeness (QED) is 0.583. The minimum atomic E-state index is -0.802. The maximum Gasteiger partial charge on any atom is 0.335 e. The average molecular weight is 438 g/mol. The number of hydrogen-bond acceptors (Lipinski definition) is 4. The number of carbonyl (C=O) groups excluding carboxylic acids is 1. The van der Waals surface area contributed by atoms with Crippen molar-refractivity contribution < 1.29 is 9.90 Å². The van der Waals surface area contributed by atoms with Crippen molar-refractivity contribution in [1.82, 2.24) is 9.55 Å². The van der Waals surface area contributed by atoms with Crippen LogP contribution in [0.15, 0.2) is 73.2 Å². The zero-order valence-electron chi connectivity index (χ0n) is 14.2. The number of rotatable bonds is 2. The van der Waals surface area contributed by atoms with Crippen LogP contribution in [0.3, 0.4) is 0 Å². The van der Waals surface area contributed by atoms with Crippen LogP contribution in [0.4, 0.5) is 0 Å². The van der Waals surface area contributed by atoms with E-state index in [4.69, 9.17) is 0 Å². The van der Waals surface area contributed by atoms with Crippen LogP contribution in [0.25, 0.3) is 17.8 Å². The summed E-state index contributed by atoms with van der Waals surface area (Å²) in [7, 11) is 0. The van der Waals surface area contributed by atoms with Crippen molar-refractivity contribution in [3.05, 3.63) is 95.6 Å². The molecular weight excluding hydrogens is 426 g/mol. The van der Waals surface area contributed by atoms with Crippen molar-refractivity contribution in [2.45, 2.75) is 0 Å². The van der Waals surface area contributed by atoms with E-state index >= 15 is 0 Å². The molecule has 138 valence electrons. The lowest BCUT2D eigenvalue weighted by atomic mass is 10.1. The highest BCUT2D eigenvalue weighted by Crippen LogP contribution is 2.21. The molecule has 28 heavy (non-hydrogen) atoms. The fourth-order valence-electron chi connectivity index (χ4n) is 2.87. The van der Waals surface area contributed by atoms with Gasteiger partial charge in [0.1, 0.15) is 5.56 Å². The molecule has 1 aliphatic heterocycles. The molecule has 4 rings (SSSR count). The van der Waals surface area contributed by atoms with E-state index in [1.54, 1.807) is 54.6 Å². The predicted octanol–water partition coefficient (Wildman–Crippen LogP) is 1.02. The Morgan fingerprint density at radius 3 is 2.50 bits per heavy atom. The number of halogens is 1. The van der Waals surface area contributed by atoms with Gasteiger partial charge >= 0.3 is 5.69 Å². The standard InChI is InChI=1S/C20H12BrN3O4/c21-13-5-7-14(8-6-13)24-19(27)15(18(26)23-20(24)28)10-12-9-11-3-1-2-4-16(11)22-17(12)25/h1-10,27H,(H,23,26,28). The molecule has 0 saturated carbocycles. The SMILES string of the molecule is O=C1N=c2ccccc2=CC1=Cc1c(O)n(-c2ccc(Br)cc2)c(=O)[nH]c1=O. The largest absolute Gasteiger partial charge is 0.494 e. The molecule has 2 N–H and O–H groups in total. The Labute approximate surface area is 165 Å². The van der Waals surface area contributed by atoms with Crippen molar-refractivity contribution in [1.29, 1.82) is 0 Å². The van der Waals surface area contributed by atoms with Gasteiger partial charge in [0.2, 0.25) is 5.88 Å². The fourth-order valence-corrected chi connectivity index (χ4v) is 3.14. The number of aromatic nitrogens is 2. The lowest BCUT2D eigenvalue weighted by Gasteiger charge is -2.10. The lowest BCUT2D eigenvalue weighted by molar-refractivity contribution is -0.114. The van der Waals surface area contributed by atoms with Crippen molar-refractivity contribution in [2.75, 3.05) is 0 Å². The van der Waals surface area contributed by atoms with E-state index in [0.29, 0.717) is 16.3 Å². The molecule has 0 unspecified atom stereocenters. The van der Waals surface area contributed by atoms with Crippen LogP contribution in [0.1, 0.15) is 5.56 Å². The summed E-state index contributed by atoms with van der Waals surface area (Å²) in [5.41, 5.74) is -1.32. The summed E-state index contributed by atoms with van der Waals surface area (Å²) < 4.78 is 1.75. The van der Waals surface area contributed by atoms with Crippen LogP contribution >= 0.6 is 15.9 Å². The van der Waals surface area contributed by atoms with E-state index in [1.165, 1.54) is 6.08 Å². The summed E-state index contributed by atoms with van der Waals surface area (Å²) in [6.07, 6.45) is 2.81. The molecule has 1 aromatic heterocycles. The number of para-hydroxylation sites is 1. The third kappa shape index (κ3) is 3.14. The lowest BCUT2D eigenvalue weighted by Crippen LogP contribution is -2.31. The van der Waals surface area contributed by atoms with Gasteiger partial charge in [-0.3, -0.25) is 14.6 Å². The van der Waals surface area contributed by atoms with Gasteiger partial charge in [0, 0.05) is 15.3 Å². The topological polar surface area (TPSA) is 105 Å². The molecule has 7 nitrogen and oxygen atoms in total. The van der Waals surface area contributed by atoms with Crippen molar-refractivity contribution in [3.8, 4) is 11.6 Å². The third-order valence-corrected chi connectivity index (χ3v) is 4.75. The third-order valence-electron chi connectivity index (χ3n) is 4.22. The molecule has 0 bridgehead atoms. The number of aromatic amines is 1. The smallest absolute Gasteiger partial charge is 0.335 e. The predicted molar refractivity (Wildman–Crippen MR) is 107 cm³/mol. The maximum absolute atomic E-state index is 12.3. The van der Waals surface area contributed by atoms with Crippen LogP contribution in [0.2, 0.25) is 0 Å². The number of benzene rings is 2. The molecule has 1 aliphatic rings. The highest BCUT2D eigenvalue weighted by atomic mass is 79.9. The van der Waals surface area contributed by atoms with Crippen molar-refractivity contribution in [2.24, 2.45) is 4.99 Å². The second kappa shape index (κ2) is 6.90. The van der Waals surface area contributed by atoms with Gasteiger partial charge in [-0.05, 0) is 42.5 Å². The molecule has 8 heteroatoms. The normalized spacial score (nSPS) is 14.3. The number of fused-ring (bicyclic) bond motifs is 1.